The van der Waals surface area contributed by atoms with E-state index in [2.05, 4.69) is 16.4 Å². The number of nitriles is 1. The number of anilines is 1. The number of fused-ring (bicyclic) bond motifs is 1. The van der Waals surface area contributed by atoms with Gasteiger partial charge in [0.25, 0.3) is 0 Å². The first-order valence-electron chi connectivity index (χ1n) is 6.18. The third-order valence-electron chi connectivity index (χ3n) is 3.08. The molecule has 20 heavy (non-hydrogen) atoms. The molecule has 1 aliphatic rings. The van der Waals surface area contributed by atoms with E-state index >= 15 is 0 Å². The molecular formula is C15H11N3OS. The minimum absolute atomic E-state index is 0.0524. The maximum absolute atomic E-state index is 12.2. The van der Waals surface area contributed by atoms with Crippen LogP contribution in [0.2, 0.25) is 0 Å². The molecule has 2 heterocycles. The summed E-state index contributed by atoms with van der Waals surface area (Å²) < 4.78 is 0. The Morgan fingerprint density at radius 3 is 2.90 bits per heavy atom. The summed E-state index contributed by atoms with van der Waals surface area (Å²) >= 11 is 1.58. The van der Waals surface area contributed by atoms with E-state index in [9.17, 15) is 4.79 Å². The van der Waals surface area contributed by atoms with Gasteiger partial charge in [-0.15, -0.1) is 11.8 Å². The topological polar surface area (TPSA) is 65.8 Å². The molecule has 0 saturated heterocycles. The predicted molar refractivity (Wildman–Crippen MR) is 77.4 cm³/mol. The molecule has 5 heteroatoms. The average Bonchev–Trinajstić information content (AvgIpc) is 2.92. The van der Waals surface area contributed by atoms with Gasteiger partial charge < -0.3 is 5.32 Å². The zero-order chi connectivity index (χ0) is 13.9. The van der Waals surface area contributed by atoms with Crippen molar-refractivity contribution in [2.45, 2.75) is 16.6 Å². The molecule has 4 nitrogen and oxygen atoms in total. The van der Waals surface area contributed by atoms with Gasteiger partial charge in [-0.3, -0.25) is 4.79 Å². The SMILES string of the molecule is N#Cc1ccc(NC(=O)C2Cc3ccccc3S2)nc1. The Labute approximate surface area is 120 Å². The van der Waals surface area contributed by atoms with Crippen molar-refractivity contribution >= 4 is 23.5 Å². The number of carbonyl (C=O) groups excluding carboxylic acids is 1. The van der Waals surface area contributed by atoms with E-state index in [4.69, 9.17) is 5.26 Å². The Kier molecular flexibility index (Phi) is 3.40. The molecule has 0 radical (unpaired) electrons. The van der Waals surface area contributed by atoms with Crippen LogP contribution in [0.3, 0.4) is 0 Å². The molecule has 0 saturated carbocycles. The second-order valence-electron chi connectivity index (χ2n) is 4.45. The zero-order valence-corrected chi connectivity index (χ0v) is 11.4. The van der Waals surface area contributed by atoms with E-state index in [1.54, 1.807) is 23.9 Å². The van der Waals surface area contributed by atoms with Crippen LogP contribution in [0.5, 0.6) is 0 Å². The first-order valence-corrected chi connectivity index (χ1v) is 7.06. The maximum Gasteiger partial charge on any atom is 0.239 e. The van der Waals surface area contributed by atoms with Crippen molar-refractivity contribution < 1.29 is 4.79 Å². The monoisotopic (exact) mass is 281 g/mol. The third kappa shape index (κ3) is 2.51. The number of thioether (sulfide) groups is 1. The standard InChI is InChI=1S/C15H11N3OS/c16-8-10-5-6-14(17-9-10)18-15(19)13-7-11-3-1-2-4-12(11)20-13/h1-6,9,13H,7H2,(H,17,18,19). The van der Waals surface area contributed by atoms with Crippen molar-refractivity contribution in [3.05, 3.63) is 53.7 Å². The van der Waals surface area contributed by atoms with Crippen LogP contribution in [0.15, 0.2) is 47.5 Å². The number of hydrogen-bond donors (Lipinski definition) is 1. The van der Waals surface area contributed by atoms with E-state index in [1.807, 2.05) is 24.3 Å². The van der Waals surface area contributed by atoms with Crippen LogP contribution in [0, 0.1) is 11.3 Å². The highest BCUT2D eigenvalue weighted by atomic mass is 32.2. The molecule has 1 N–H and O–H groups in total. The van der Waals surface area contributed by atoms with Gasteiger partial charge in [0.05, 0.1) is 10.8 Å². The van der Waals surface area contributed by atoms with Crippen LogP contribution in [0.4, 0.5) is 5.82 Å². The lowest BCUT2D eigenvalue weighted by atomic mass is 10.1. The maximum atomic E-state index is 12.2. The number of nitrogens with one attached hydrogen (secondary N) is 1. The minimum Gasteiger partial charge on any atom is -0.310 e. The molecule has 0 aliphatic carbocycles. The molecule has 2 aromatic rings. The number of rotatable bonds is 2. The van der Waals surface area contributed by atoms with Crippen molar-refractivity contribution in [3.8, 4) is 6.07 Å². The first-order chi connectivity index (χ1) is 9.76. The number of benzene rings is 1. The van der Waals surface area contributed by atoms with Gasteiger partial charge in [-0.05, 0) is 30.2 Å². The minimum atomic E-state index is -0.121. The van der Waals surface area contributed by atoms with Crippen molar-refractivity contribution in [2.24, 2.45) is 0 Å². The van der Waals surface area contributed by atoms with Crippen molar-refractivity contribution in [1.29, 1.82) is 5.26 Å². The van der Waals surface area contributed by atoms with Gasteiger partial charge in [0, 0.05) is 11.1 Å². The van der Waals surface area contributed by atoms with Gasteiger partial charge >= 0.3 is 0 Å². The summed E-state index contributed by atoms with van der Waals surface area (Å²) in [5.41, 5.74) is 1.69. The van der Waals surface area contributed by atoms with Gasteiger partial charge in [0.15, 0.2) is 0 Å². The first kappa shape index (κ1) is 12.7. The van der Waals surface area contributed by atoms with Crippen molar-refractivity contribution in [3.63, 3.8) is 0 Å². The van der Waals surface area contributed by atoms with Gasteiger partial charge in [-0.25, -0.2) is 4.98 Å². The van der Waals surface area contributed by atoms with Crippen LogP contribution in [-0.4, -0.2) is 16.1 Å². The van der Waals surface area contributed by atoms with Crippen molar-refractivity contribution in [1.82, 2.24) is 4.98 Å². The average molecular weight is 281 g/mol. The fraction of sp³-hybridized carbons (Fsp3) is 0.133. The van der Waals surface area contributed by atoms with E-state index in [0.717, 1.165) is 6.42 Å². The molecule has 1 unspecified atom stereocenters. The molecule has 0 spiro atoms. The molecule has 0 fully saturated rings. The van der Waals surface area contributed by atoms with Gasteiger partial charge in [0.1, 0.15) is 11.9 Å². The molecule has 1 aromatic carbocycles. The summed E-state index contributed by atoms with van der Waals surface area (Å²) in [6.07, 6.45) is 2.19. The highest BCUT2D eigenvalue weighted by Crippen LogP contribution is 2.37. The number of nitrogens with zero attached hydrogens (tertiary/aromatic N) is 2. The van der Waals surface area contributed by atoms with E-state index in [1.165, 1.54) is 16.7 Å². The lowest BCUT2D eigenvalue weighted by Gasteiger charge is -2.09. The quantitative estimate of drug-likeness (QED) is 0.919. The smallest absolute Gasteiger partial charge is 0.239 e. The lowest BCUT2D eigenvalue weighted by molar-refractivity contribution is -0.115. The highest BCUT2D eigenvalue weighted by molar-refractivity contribution is 8.01. The Hall–Kier alpha value is -2.32. The van der Waals surface area contributed by atoms with Crippen LogP contribution < -0.4 is 5.32 Å². The molecule has 1 amide bonds. The predicted octanol–water partition coefficient (Wildman–Crippen LogP) is 2.61. The van der Waals surface area contributed by atoms with E-state index in [-0.39, 0.29) is 11.2 Å². The molecule has 98 valence electrons. The molecule has 1 atom stereocenters. The summed E-state index contributed by atoms with van der Waals surface area (Å²) in [6, 6.07) is 13.3. The number of pyridine rings is 1. The summed E-state index contributed by atoms with van der Waals surface area (Å²) in [5.74, 6) is 0.425. The molecular weight excluding hydrogens is 270 g/mol. The number of hydrogen-bond acceptors (Lipinski definition) is 4. The summed E-state index contributed by atoms with van der Waals surface area (Å²) in [4.78, 5) is 17.4. The van der Waals surface area contributed by atoms with Crippen LogP contribution >= 0.6 is 11.8 Å². The Morgan fingerprint density at radius 1 is 1.35 bits per heavy atom. The second kappa shape index (κ2) is 5.35. The summed E-state index contributed by atoms with van der Waals surface area (Å²) in [6.45, 7) is 0. The highest BCUT2D eigenvalue weighted by Gasteiger charge is 2.28. The molecule has 1 aromatic heterocycles. The fourth-order valence-corrected chi connectivity index (χ4v) is 3.26. The van der Waals surface area contributed by atoms with Crippen LogP contribution in [0.1, 0.15) is 11.1 Å². The Balaban J connectivity index is 1.68. The molecule has 3 rings (SSSR count). The van der Waals surface area contributed by atoms with Crippen LogP contribution in [-0.2, 0) is 11.2 Å². The van der Waals surface area contributed by atoms with Crippen LogP contribution in [0.25, 0.3) is 0 Å². The molecule has 0 bridgehead atoms. The summed E-state index contributed by atoms with van der Waals surface area (Å²) in [7, 11) is 0. The fourth-order valence-electron chi connectivity index (χ4n) is 2.07. The van der Waals surface area contributed by atoms with Gasteiger partial charge in [0.2, 0.25) is 5.91 Å². The van der Waals surface area contributed by atoms with Crippen molar-refractivity contribution in [2.75, 3.05) is 5.32 Å². The van der Waals surface area contributed by atoms with E-state index < -0.39 is 0 Å². The number of amides is 1. The number of aromatic nitrogens is 1. The largest absolute Gasteiger partial charge is 0.310 e. The van der Waals surface area contributed by atoms with Gasteiger partial charge in [-0.2, -0.15) is 5.26 Å². The van der Waals surface area contributed by atoms with E-state index in [0.29, 0.717) is 11.4 Å². The lowest BCUT2D eigenvalue weighted by Crippen LogP contribution is -2.25. The Morgan fingerprint density at radius 2 is 2.20 bits per heavy atom. The second-order valence-corrected chi connectivity index (χ2v) is 5.70. The third-order valence-corrected chi connectivity index (χ3v) is 4.40. The zero-order valence-electron chi connectivity index (χ0n) is 10.5. The normalized spacial score (nSPS) is 16.2. The van der Waals surface area contributed by atoms with Gasteiger partial charge in [-0.1, -0.05) is 18.2 Å². The number of carbonyl (C=O) groups is 1. The molecule has 1 aliphatic heterocycles. The Bertz CT molecular complexity index is 666. The summed E-state index contributed by atoms with van der Waals surface area (Å²) in [5, 5.41) is 11.4.